The van der Waals surface area contributed by atoms with E-state index in [1.807, 2.05) is 12.1 Å². The van der Waals surface area contributed by atoms with Crippen molar-refractivity contribution in [2.75, 3.05) is 7.05 Å². The van der Waals surface area contributed by atoms with E-state index in [0.717, 1.165) is 14.8 Å². The molecule has 0 aliphatic carbocycles. The molecule has 0 fully saturated rings. The number of nitrogens with zero attached hydrogens (tertiary/aromatic N) is 2. The van der Waals surface area contributed by atoms with Crippen LogP contribution in [0.1, 0.15) is 16.2 Å². The quantitative estimate of drug-likeness (QED) is 0.899. The van der Waals surface area contributed by atoms with Crippen molar-refractivity contribution in [1.82, 2.24) is 14.9 Å². The summed E-state index contributed by atoms with van der Waals surface area (Å²) in [5.41, 5.74) is 0.624. The number of carbonyl (C=O) groups excluding carboxylic acids is 1. The maximum absolute atomic E-state index is 12.3. The maximum atomic E-state index is 12.3. The average molecular weight is 373 g/mol. The second-order valence-corrected chi connectivity index (χ2v) is 5.59. The van der Waals surface area contributed by atoms with Gasteiger partial charge in [-0.15, -0.1) is 0 Å². The Bertz CT molecular complexity index is 554. The van der Waals surface area contributed by atoms with Gasteiger partial charge in [-0.25, -0.2) is 4.98 Å². The van der Waals surface area contributed by atoms with E-state index in [1.165, 1.54) is 0 Å². The number of hydrogen-bond donors (Lipinski definition) is 1. The van der Waals surface area contributed by atoms with Crippen molar-refractivity contribution in [3.63, 3.8) is 0 Å². The van der Waals surface area contributed by atoms with Gasteiger partial charge in [-0.2, -0.15) is 0 Å². The Balaban J connectivity index is 2.17. The number of aromatic nitrogens is 2. The molecule has 1 heterocycles. The molecule has 1 N–H and O–H groups in total. The minimum absolute atomic E-state index is 0.0559. The zero-order valence-corrected chi connectivity index (χ0v) is 12.8. The molecule has 18 heavy (non-hydrogen) atoms. The minimum Gasteiger partial charge on any atom is -0.347 e. The van der Waals surface area contributed by atoms with Gasteiger partial charge in [0.1, 0.15) is 5.82 Å². The van der Waals surface area contributed by atoms with E-state index in [-0.39, 0.29) is 5.91 Å². The topological polar surface area (TPSA) is 49.0 Å². The standard InChI is InChI=1S/C12H11Br2N3O/c1-17(7-11-15-4-5-16-11)12(18)9-6-8(13)2-3-10(9)14/h2-6H,7H2,1H3,(H,15,16). The molecule has 0 saturated carbocycles. The van der Waals surface area contributed by atoms with Gasteiger partial charge in [-0.05, 0) is 34.1 Å². The normalized spacial score (nSPS) is 10.4. The van der Waals surface area contributed by atoms with Gasteiger partial charge in [0, 0.05) is 28.4 Å². The Morgan fingerprint density at radius 1 is 1.44 bits per heavy atom. The number of hydrogen-bond acceptors (Lipinski definition) is 2. The third kappa shape index (κ3) is 3.00. The Kier molecular flexibility index (Phi) is 4.19. The summed E-state index contributed by atoms with van der Waals surface area (Å²) < 4.78 is 1.66. The third-order valence-corrected chi connectivity index (χ3v) is 3.63. The van der Waals surface area contributed by atoms with Crippen molar-refractivity contribution in [1.29, 1.82) is 0 Å². The number of nitrogens with one attached hydrogen (secondary N) is 1. The average Bonchev–Trinajstić information content (AvgIpc) is 2.84. The smallest absolute Gasteiger partial charge is 0.255 e. The summed E-state index contributed by atoms with van der Waals surface area (Å²) in [6.07, 6.45) is 3.41. The largest absolute Gasteiger partial charge is 0.347 e. The first-order chi connectivity index (χ1) is 8.58. The second-order valence-electron chi connectivity index (χ2n) is 3.82. The van der Waals surface area contributed by atoms with Gasteiger partial charge >= 0.3 is 0 Å². The molecular formula is C12H11Br2N3O. The molecule has 4 nitrogen and oxygen atoms in total. The number of benzene rings is 1. The maximum Gasteiger partial charge on any atom is 0.255 e. The first-order valence-corrected chi connectivity index (χ1v) is 6.85. The summed E-state index contributed by atoms with van der Waals surface area (Å²) in [6.45, 7) is 0.449. The molecule has 0 aliphatic heterocycles. The van der Waals surface area contributed by atoms with E-state index in [0.29, 0.717) is 12.1 Å². The molecule has 0 unspecified atom stereocenters. The summed E-state index contributed by atoms with van der Waals surface area (Å²) in [7, 11) is 1.75. The fourth-order valence-corrected chi connectivity index (χ4v) is 2.33. The predicted molar refractivity (Wildman–Crippen MR) is 76.2 cm³/mol. The van der Waals surface area contributed by atoms with Crippen LogP contribution in [0.25, 0.3) is 0 Å². The molecule has 0 atom stereocenters. The Morgan fingerprint density at radius 2 is 2.22 bits per heavy atom. The summed E-state index contributed by atoms with van der Waals surface area (Å²) in [6, 6.07) is 5.52. The van der Waals surface area contributed by atoms with Crippen molar-refractivity contribution < 1.29 is 4.79 Å². The van der Waals surface area contributed by atoms with Crippen LogP contribution in [0.5, 0.6) is 0 Å². The highest BCUT2D eigenvalue weighted by Crippen LogP contribution is 2.22. The zero-order chi connectivity index (χ0) is 13.1. The molecule has 0 bridgehead atoms. The van der Waals surface area contributed by atoms with Crippen molar-refractivity contribution in [2.24, 2.45) is 0 Å². The Labute approximate surface area is 122 Å². The molecule has 0 aliphatic rings. The van der Waals surface area contributed by atoms with Crippen molar-refractivity contribution in [3.8, 4) is 0 Å². The van der Waals surface area contributed by atoms with Crippen LogP contribution in [-0.4, -0.2) is 27.8 Å². The summed E-state index contributed by atoms with van der Waals surface area (Å²) in [4.78, 5) is 21.0. The fraction of sp³-hybridized carbons (Fsp3) is 0.167. The third-order valence-electron chi connectivity index (χ3n) is 2.45. The second kappa shape index (κ2) is 5.67. The highest BCUT2D eigenvalue weighted by atomic mass is 79.9. The van der Waals surface area contributed by atoms with Crippen LogP contribution in [0.3, 0.4) is 0 Å². The molecule has 1 aromatic carbocycles. The van der Waals surface area contributed by atoms with E-state index in [9.17, 15) is 4.79 Å². The SMILES string of the molecule is CN(Cc1ncc[nH]1)C(=O)c1cc(Br)ccc1Br. The first kappa shape index (κ1) is 13.3. The number of halogens is 2. The predicted octanol–water partition coefficient (Wildman–Crippen LogP) is 3.21. The lowest BCUT2D eigenvalue weighted by Crippen LogP contribution is -2.27. The molecule has 6 heteroatoms. The molecule has 0 spiro atoms. The van der Waals surface area contributed by atoms with Crippen LogP contribution in [0.2, 0.25) is 0 Å². The molecule has 1 amide bonds. The Morgan fingerprint density at radius 3 is 2.89 bits per heavy atom. The number of rotatable bonds is 3. The van der Waals surface area contributed by atoms with Gasteiger partial charge in [0.05, 0.1) is 12.1 Å². The van der Waals surface area contributed by atoms with Crippen LogP contribution in [0.15, 0.2) is 39.5 Å². The van der Waals surface area contributed by atoms with E-state index in [1.54, 1.807) is 30.4 Å². The van der Waals surface area contributed by atoms with Crippen LogP contribution in [0.4, 0.5) is 0 Å². The lowest BCUT2D eigenvalue weighted by atomic mass is 10.2. The molecular weight excluding hydrogens is 362 g/mol. The van der Waals surface area contributed by atoms with Crippen LogP contribution >= 0.6 is 31.9 Å². The molecule has 94 valence electrons. The number of amides is 1. The van der Waals surface area contributed by atoms with Crippen molar-refractivity contribution in [2.45, 2.75) is 6.54 Å². The van der Waals surface area contributed by atoms with Crippen LogP contribution in [0, 0.1) is 0 Å². The van der Waals surface area contributed by atoms with Gasteiger partial charge in [0.25, 0.3) is 5.91 Å². The summed E-state index contributed by atoms with van der Waals surface area (Å²) >= 11 is 6.75. The summed E-state index contributed by atoms with van der Waals surface area (Å²) in [5.74, 6) is 0.705. The van der Waals surface area contributed by atoms with Gasteiger partial charge in [0.2, 0.25) is 0 Å². The lowest BCUT2D eigenvalue weighted by molar-refractivity contribution is 0.0781. The van der Waals surface area contributed by atoms with Gasteiger partial charge in [0.15, 0.2) is 0 Å². The van der Waals surface area contributed by atoms with Crippen LogP contribution in [-0.2, 0) is 6.54 Å². The number of carbonyl (C=O) groups is 1. The molecule has 1 aromatic heterocycles. The lowest BCUT2D eigenvalue weighted by Gasteiger charge is -2.16. The van der Waals surface area contributed by atoms with Gasteiger partial charge < -0.3 is 9.88 Å². The van der Waals surface area contributed by atoms with Crippen molar-refractivity contribution >= 4 is 37.8 Å². The van der Waals surface area contributed by atoms with Gasteiger partial charge in [-0.1, -0.05) is 15.9 Å². The highest BCUT2D eigenvalue weighted by molar-refractivity contribution is 9.11. The molecule has 2 aromatic rings. The van der Waals surface area contributed by atoms with E-state index in [2.05, 4.69) is 41.8 Å². The van der Waals surface area contributed by atoms with E-state index < -0.39 is 0 Å². The van der Waals surface area contributed by atoms with E-state index in [4.69, 9.17) is 0 Å². The monoisotopic (exact) mass is 371 g/mol. The minimum atomic E-state index is -0.0559. The first-order valence-electron chi connectivity index (χ1n) is 5.26. The highest BCUT2D eigenvalue weighted by Gasteiger charge is 2.16. The van der Waals surface area contributed by atoms with Crippen molar-refractivity contribution in [3.05, 3.63) is 50.9 Å². The summed E-state index contributed by atoms with van der Waals surface area (Å²) in [5, 5.41) is 0. The molecule has 0 saturated heterocycles. The molecule has 2 rings (SSSR count). The van der Waals surface area contributed by atoms with E-state index >= 15 is 0 Å². The zero-order valence-electron chi connectivity index (χ0n) is 9.65. The molecule has 0 radical (unpaired) electrons. The number of H-pyrrole nitrogens is 1. The number of imidazole rings is 1. The van der Waals surface area contributed by atoms with Gasteiger partial charge in [-0.3, -0.25) is 4.79 Å². The van der Waals surface area contributed by atoms with Crippen LogP contribution < -0.4 is 0 Å². The fourth-order valence-electron chi connectivity index (χ4n) is 1.55. The number of aromatic amines is 1. The Hall–Kier alpha value is -1.14.